The molecule has 108 valence electrons. The maximum Gasteiger partial charge on any atom is 0.416 e. The number of alkyl halides is 3. The summed E-state index contributed by atoms with van der Waals surface area (Å²) >= 11 is 1.48. The minimum Gasteiger partial charge on any atom is -0.383 e. The molecule has 1 aromatic heterocycles. The van der Waals surface area contributed by atoms with Gasteiger partial charge >= 0.3 is 6.18 Å². The topological polar surface area (TPSA) is 20.2 Å². The summed E-state index contributed by atoms with van der Waals surface area (Å²) in [5.74, 6) is 0. The van der Waals surface area contributed by atoms with E-state index in [4.69, 9.17) is 0 Å². The van der Waals surface area contributed by atoms with Crippen molar-refractivity contribution in [2.24, 2.45) is 0 Å². The van der Waals surface area contributed by atoms with Crippen molar-refractivity contribution in [1.82, 2.24) is 0 Å². The zero-order valence-electron chi connectivity index (χ0n) is 11.2. The van der Waals surface area contributed by atoms with Gasteiger partial charge in [0.25, 0.3) is 0 Å². The second kappa shape index (κ2) is 5.58. The molecular formula is C15H15F3OS. The summed E-state index contributed by atoms with van der Waals surface area (Å²) in [7, 11) is 0. The lowest BCUT2D eigenvalue weighted by atomic mass is 9.99. The Morgan fingerprint density at radius 3 is 2.40 bits per heavy atom. The van der Waals surface area contributed by atoms with Gasteiger partial charge in [-0.1, -0.05) is 13.0 Å². The predicted octanol–water partition coefficient (Wildman–Crippen LogP) is 4.72. The van der Waals surface area contributed by atoms with Crippen LogP contribution in [0.5, 0.6) is 0 Å². The Morgan fingerprint density at radius 2 is 1.90 bits per heavy atom. The summed E-state index contributed by atoms with van der Waals surface area (Å²) in [5.41, 5.74) is 0.271. The summed E-state index contributed by atoms with van der Waals surface area (Å²) in [5, 5.41) is 10.3. The minimum atomic E-state index is -4.35. The first kappa shape index (κ1) is 15.1. The number of benzene rings is 1. The first-order valence-corrected chi connectivity index (χ1v) is 7.09. The third-order valence-electron chi connectivity index (χ3n) is 3.19. The molecule has 0 amide bonds. The third-order valence-corrected chi connectivity index (χ3v) is 4.47. The van der Waals surface area contributed by atoms with Crippen molar-refractivity contribution in [3.63, 3.8) is 0 Å². The van der Waals surface area contributed by atoms with E-state index in [0.29, 0.717) is 11.1 Å². The maximum atomic E-state index is 12.6. The van der Waals surface area contributed by atoms with Crippen LogP contribution >= 0.6 is 11.3 Å². The van der Waals surface area contributed by atoms with E-state index < -0.39 is 17.8 Å². The molecule has 2 aromatic rings. The zero-order chi connectivity index (χ0) is 14.9. The fourth-order valence-electron chi connectivity index (χ4n) is 2.04. The molecule has 0 aliphatic carbocycles. The Labute approximate surface area is 119 Å². The Hall–Kier alpha value is -1.33. The molecule has 0 spiro atoms. The fraction of sp³-hybridized carbons (Fsp3) is 0.333. The van der Waals surface area contributed by atoms with Gasteiger partial charge in [0.1, 0.15) is 6.10 Å². The van der Waals surface area contributed by atoms with Crippen molar-refractivity contribution in [1.29, 1.82) is 0 Å². The van der Waals surface area contributed by atoms with Crippen LogP contribution in [0.25, 0.3) is 0 Å². The first-order chi connectivity index (χ1) is 9.32. The van der Waals surface area contributed by atoms with Gasteiger partial charge in [-0.15, -0.1) is 11.3 Å². The molecule has 20 heavy (non-hydrogen) atoms. The summed E-state index contributed by atoms with van der Waals surface area (Å²) < 4.78 is 37.8. The van der Waals surface area contributed by atoms with Crippen LogP contribution in [-0.4, -0.2) is 5.11 Å². The van der Waals surface area contributed by atoms with E-state index in [-0.39, 0.29) is 0 Å². The third kappa shape index (κ3) is 3.04. The van der Waals surface area contributed by atoms with Crippen LogP contribution in [0.4, 0.5) is 13.2 Å². The van der Waals surface area contributed by atoms with Crippen LogP contribution in [0.1, 0.15) is 39.5 Å². The van der Waals surface area contributed by atoms with Crippen molar-refractivity contribution in [2.75, 3.05) is 0 Å². The van der Waals surface area contributed by atoms with Gasteiger partial charge in [-0.05, 0) is 48.7 Å². The van der Waals surface area contributed by atoms with Crippen molar-refractivity contribution in [3.05, 3.63) is 56.8 Å². The van der Waals surface area contributed by atoms with Gasteiger partial charge in [0, 0.05) is 9.75 Å². The average molecular weight is 300 g/mol. The largest absolute Gasteiger partial charge is 0.416 e. The fourth-order valence-corrected chi connectivity index (χ4v) is 3.00. The minimum absolute atomic E-state index is 0.443. The second-order valence-electron chi connectivity index (χ2n) is 4.63. The highest BCUT2D eigenvalue weighted by atomic mass is 32.1. The number of rotatable bonds is 3. The molecule has 1 heterocycles. The van der Waals surface area contributed by atoms with Crippen molar-refractivity contribution >= 4 is 11.3 Å². The summed E-state index contributed by atoms with van der Waals surface area (Å²) in [4.78, 5) is 1.90. The number of aryl methyl sites for hydroxylation is 2. The van der Waals surface area contributed by atoms with E-state index in [0.717, 1.165) is 28.3 Å². The number of thiophene rings is 1. The number of halogens is 3. The Kier molecular flexibility index (Phi) is 4.20. The van der Waals surface area contributed by atoms with Crippen LogP contribution in [0.3, 0.4) is 0 Å². The number of hydrogen-bond donors (Lipinski definition) is 1. The lowest BCUT2D eigenvalue weighted by Gasteiger charge is -2.15. The van der Waals surface area contributed by atoms with E-state index >= 15 is 0 Å². The molecule has 2 rings (SSSR count). The molecule has 1 N–H and O–H groups in total. The smallest absolute Gasteiger partial charge is 0.383 e. The maximum absolute atomic E-state index is 12.6. The van der Waals surface area contributed by atoms with E-state index in [1.54, 1.807) is 6.92 Å². The zero-order valence-corrected chi connectivity index (χ0v) is 12.0. The summed E-state index contributed by atoms with van der Waals surface area (Å²) in [6.45, 7) is 3.60. The number of aliphatic hydroxyl groups is 1. The molecule has 0 saturated carbocycles. The molecule has 1 aromatic carbocycles. The molecule has 0 aliphatic rings. The Morgan fingerprint density at radius 1 is 1.20 bits per heavy atom. The van der Waals surface area contributed by atoms with Gasteiger partial charge in [0.15, 0.2) is 0 Å². The summed E-state index contributed by atoms with van der Waals surface area (Å²) in [6, 6.07) is 7.20. The van der Waals surface area contributed by atoms with Gasteiger partial charge in [0.2, 0.25) is 0 Å². The molecule has 1 nitrogen and oxygen atoms in total. The van der Waals surface area contributed by atoms with Gasteiger partial charge in [-0.2, -0.15) is 13.2 Å². The van der Waals surface area contributed by atoms with Crippen LogP contribution < -0.4 is 0 Å². The molecule has 0 bridgehead atoms. The molecular weight excluding hydrogens is 285 g/mol. The van der Waals surface area contributed by atoms with Crippen LogP contribution in [0.2, 0.25) is 0 Å². The standard InChI is InChI=1S/C15H15F3OS/c1-3-11-5-7-13(20-11)14(19)12-6-4-10(8-9(12)2)15(16,17)18/h4-8,14,19H,3H2,1-2H3. The van der Waals surface area contributed by atoms with Crippen LogP contribution in [-0.2, 0) is 12.6 Å². The molecule has 5 heteroatoms. The Balaban J connectivity index is 2.33. The highest BCUT2D eigenvalue weighted by molar-refractivity contribution is 7.12. The lowest BCUT2D eigenvalue weighted by molar-refractivity contribution is -0.137. The lowest BCUT2D eigenvalue weighted by Crippen LogP contribution is -2.07. The second-order valence-corrected chi connectivity index (χ2v) is 5.83. The van der Waals surface area contributed by atoms with Crippen LogP contribution in [0.15, 0.2) is 30.3 Å². The van der Waals surface area contributed by atoms with E-state index in [1.165, 1.54) is 17.4 Å². The van der Waals surface area contributed by atoms with E-state index in [9.17, 15) is 18.3 Å². The average Bonchev–Trinajstić information content (AvgIpc) is 2.85. The molecule has 1 atom stereocenters. The first-order valence-electron chi connectivity index (χ1n) is 6.27. The summed E-state index contributed by atoms with van der Waals surface area (Å²) in [6.07, 6.45) is -4.35. The van der Waals surface area contributed by atoms with Crippen LogP contribution in [0, 0.1) is 6.92 Å². The number of aliphatic hydroxyl groups excluding tert-OH is 1. The van der Waals surface area contributed by atoms with Crippen molar-refractivity contribution in [2.45, 2.75) is 32.5 Å². The van der Waals surface area contributed by atoms with Gasteiger partial charge in [-0.25, -0.2) is 0 Å². The normalized spacial score (nSPS) is 13.5. The molecule has 0 radical (unpaired) electrons. The monoisotopic (exact) mass is 300 g/mol. The highest BCUT2D eigenvalue weighted by Crippen LogP contribution is 2.34. The van der Waals surface area contributed by atoms with Crippen molar-refractivity contribution < 1.29 is 18.3 Å². The Bertz CT molecular complexity index is 601. The molecule has 0 saturated heterocycles. The predicted molar refractivity (Wildman–Crippen MR) is 73.9 cm³/mol. The molecule has 1 unspecified atom stereocenters. The number of hydrogen-bond acceptors (Lipinski definition) is 2. The SMILES string of the molecule is CCc1ccc(C(O)c2ccc(C(F)(F)F)cc2C)s1. The van der Waals surface area contributed by atoms with Gasteiger partial charge in [0.05, 0.1) is 5.56 Å². The van der Waals surface area contributed by atoms with E-state index in [1.807, 2.05) is 19.1 Å². The quantitative estimate of drug-likeness (QED) is 0.869. The van der Waals surface area contributed by atoms with Gasteiger partial charge in [-0.3, -0.25) is 0 Å². The molecule has 0 fully saturated rings. The van der Waals surface area contributed by atoms with E-state index in [2.05, 4.69) is 0 Å². The highest BCUT2D eigenvalue weighted by Gasteiger charge is 2.31. The van der Waals surface area contributed by atoms with Crippen molar-refractivity contribution in [3.8, 4) is 0 Å². The van der Waals surface area contributed by atoms with Gasteiger partial charge < -0.3 is 5.11 Å². The molecule has 0 aliphatic heterocycles.